The maximum Gasteiger partial charge on any atom is 0.306 e. The lowest BCUT2D eigenvalue weighted by Crippen LogP contribution is -2.30. The van der Waals surface area contributed by atoms with Crippen LogP contribution in [0.25, 0.3) is 0 Å². The molecule has 0 rings (SSSR count). The van der Waals surface area contributed by atoms with E-state index in [1.54, 1.807) is 0 Å². The Morgan fingerprint density at radius 2 is 0.450 bits per heavy atom. The van der Waals surface area contributed by atoms with Gasteiger partial charge in [0.1, 0.15) is 13.2 Å². The number of hydrogen-bond acceptors (Lipinski definition) is 6. The van der Waals surface area contributed by atoms with Crippen LogP contribution in [-0.2, 0) is 28.6 Å². The molecule has 0 bridgehead atoms. The van der Waals surface area contributed by atoms with Crippen molar-refractivity contribution in [3.05, 3.63) is 48.6 Å². The van der Waals surface area contributed by atoms with Gasteiger partial charge < -0.3 is 14.2 Å². The van der Waals surface area contributed by atoms with Crippen LogP contribution in [0, 0.1) is 0 Å². The van der Waals surface area contributed by atoms with Gasteiger partial charge in [-0.3, -0.25) is 14.4 Å². The number of carbonyl (C=O) groups excluding carboxylic acids is 3. The average Bonchev–Trinajstić information content (AvgIpc) is 3.46. The highest BCUT2D eigenvalue weighted by molar-refractivity contribution is 5.71. The van der Waals surface area contributed by atoms with E-state index >= 15 is 0 Å². The molecule has 0 spiro atoms. The summed E-state index contributed by atoms with van der Waals surface area (Å²) in [6.07, 6.45) is 87.1. The Morgan fingerprint density at radius 1 is 0.250 bits per heavy atom. The van der Waals surface area contributed by atoms with Gasteiger partial charge in [-0.2, -0.15) is 0 Å². The molecule has 0 aromatic heterocycles. The summed E-state index contributed by atoms with van der Waals surface area (Å²) in [5, 5.41) is 0. The monoisotopic (exact) mass is 1120 g/mol. The summed E-state index contributed by atoms with van der Waals surface area (Å²) in [5.74, 6) is -0.873. The van der Waals surface area contributed by atoms with Crippen LogP contribution < -0.4 is 0 Å². The number of hydrogen-bond donors (Lipinski definition) is 0. The molecule has 0 N–H and O–H groups in total. The minimum absolute atomic E-state index is 0.0773. The molecule has 0 saturated heterocycles. The van der Waals surface area contributed by atoms with Gasteiger partial charge in [-0.15, -0.1) is 0 Å². The van der Waals surface area contributed by atoms with Gasteiger partial charge in [0, 0.05) is 19.3 Å². The lowest BCUT2D eigenvalue weighted by Gasteiger charge is -2.18. The fourth-order valence-electron chi connectivity index (χ4n) is 10.7. The summed E-state index contributed by atoms with van der Waals surface area (Å²) in [4.78, 5) is 38.4. The molecule has 1 unspecified atom stereocenters. The molecule has 0 aromatic rings. The first-order valence-electron chi connectivity index (χ1n) is 35.6. The lowest BCUT2D eigenvalue weighted by atomic mass is 10.0. The molecule has 468 valence electrons. The first kappa shape index (κ1) is 77.4. The third-order valence-electron chi connectivity index (χ3n) is 16.1. The van der Waals surface area contributed by atoms with Crippen LogP contribution in [0.2, 0.25) is 0 Å². The van der Waals surface area contributed by atoms with Gasteiger partial charge in [0.15, 0.2) is 6.10 Å². The molecule has 0 heterocycles. The van der Waals surface area contributed by atoms with Crippen molar-refractivity contribution in [2.24, 2.45) is 0 Å². The van der Waals surface area contributed by atoms with Crippen molar-refractivity contribution in [1.29, 1.82) is 0 Å². The number of carbonyl (C=O) groups is 3. The number of unbranched alkanes of at least 4 members (excludes halogenated alkanes) is 47. The highest BCUT2D eigenvalue weighted by Gasteiger charge is 2.19. The van der Waals surface area contributed by atoms with Gasteiger partial charge in [-0.1, -0.05) is 333 Å². The largest absolute Gasteiger partial charge is 0.462 e. The van der Waals surface area contributed by atoms with Gasteiger partial charge in [-0.05, 0) is 83.5 Å². The zero-order valence-corrected chi connectivity index (χ0v) is 53.9. The van der Waals surface area contributed by atoms with E-state index in [1.807, 2.05) is 0 Å². The van der Waals surface area contributed by atoms with Crippen molar-refractivity contribution in [1.82, 2.24) is 0 Å². The molecule has 0 amide bonds. The van der Waals surface area contributed by atoms with E-state index in [0.717, 1.165) is 83.5 Å². The first-order valence-corrected chi connectivity index (χ1v) is 35.6. The Bertz CT molecular complexity index is 1380. The van der Waals surface area contributed by atoms with Gasteiger partial charge in [0.05, 0.1) is 0 Å². The van der Waals surface area contributed by atoms with Crippen molar-refractivity contribution >= 4 is 17.9 Å². The molecular weight excluding hydrogens is 985 g/mol. The predicted octanol–water partition coefficient (Wildman–Crippen LogP) is 24.5. The maximum absolute atomic E-state index is 12.9. The SMILES string of the molecule is CCCCCCC/C=C\C/C=C\C/C=C\CCCCCCCCC(=O)OC(COC(=O)CCCCCCC/C=C\CCCCCCCC)COC(=O)CCCCCCCCCCCCCCCCCCCCCCCCCCCC. The fourth-order valence-corrected chi connectivity index (χ4v) is 10.7. The topological polar surface area (TPSA) is 78.9 Å². The highest BCUT2D eigenvalue weighted by atomic mass is 16.6. The molecule has 80 heavy (non-hydrogen) atoms. The minimum atomic E-state index is -0.784. The van der Waals surface area contributed by atoms with Crippen LogP contribution >= 0.6 is 0 Å². The molecule has 6 nitrogen and oxygen atoms in total. The van der Waals surface area contributed by atoms with Gasteiger partial charge >= 0.3 is 17.9 Å². The van der Waals surface area contributed by atoms with E-state index in [1.165, 1.54) is 263 Å². The van der Waals surface area contributed by atoms with Crippen molar-refractivity contribution in [3.8, 4) is 0 Å². The normalized spacial score (nSPS) is 12.3. The molecule has 0 aliphatic carbocycles. The summed E-state index contributed by atoms with van der Waals surface area (Å²) in [5.41, 5.74) is 0. The second kappa shape index (κ2) is 68.9. The standard InChI is InChI=1S/C74H136O6/c1-4-7-10-13-16-19-22-25-28-30-32-34-35-36-37-38-40-41-43-46-49-52-55-58-61-64-67-73(76)79-70-71(69-78-72(75)66-63-60-57-54-51-48-45-27-24-21-18-15-12-9-6-3)80-74(77)68-65-62-59-56-53-50-47-44-42-39-33-31-29-26-23-20-17-14-11-8-5-2/h23,26-27,31,33,42,44-45,71H,4-22,24-25,28-30,32,34-41,43,46-70H2,1-3H3/b26-23-,33-31-,44-42-,45-27-. The average molecular weight is 1120 g/mol. The molecule has 0 aromatic carbocycles. The van der Waals surface area contributed by atoms with E-state index in [0.29, 0.717) is 19.3 Å². The molecule has 0 aliphatic heterocycles. The van der Waals surface area contributed by atoms with Gasteiger partial charge in [-0.25, -0.2) is 0 Å². The van der Waals surface area contributed by atoms with Crippen molar-refractivity contribution in [3.63, 3.8) is 0 Å². The molecule has 0 saturated carbocycles. The maximum atomic E-state index is 12.9. The van der Waals surface area contributed by atoms with E-state index in [2.05, 4.69) is 69.4 Å². The van der Waals surface area contributed by atoms with Crippen molar-refractivity contribution in [2.75, 3.05) is 13.2 Å². The zero-order valence-electron chi connectivity index (χ0n) is 53.9. The molecule has 0 aliphatic rings. The number of ether oxygens (including phenoxy) is 3. The number of rotatable bonds is 66. The minimum Gasteiger partial charge on any atom is -0.462 e. The van der Waals surface area contributed by atoms with E-state index < -0.39 is 6.10 Å². The van der Waals surface area contributed by atoms with Crippen molar-refractivity contribution < 1.29 is 28.6 Å². The lowest BCUT2D eigenvalue weighted by molar-refractivity contribution is -0.167. The Kier molecular flexibility index (Phi) is 66.6. The van der Waals surface area contributed by atoms with E-state index in [9.17, 15) is 14.4 Å². The number of esters is 3. The molecular formula is C74H136O6. The second-order valence-corrected chi connectivity index (χ2v) is 24.1. The zero-order chi connectivity index (χ0) is 57.8. The smallest absolute Gasteiger partial charge is 0.306 e. The summed E-state index contributed by atoms with van der Waals surface area (Å²) >= 11 is 0. The van der Waals surface area contributed by atoms with Crippen LogP contribution in [0.3, 0.4) is 0 Å². The van der Waals surface area contributed by atoms with E-state index in [4.69, 9.17) is 14.2 Å². The Balaban J connectivity index is 4.29. The van der Waals surface area contributed by atoms with Crippen LogP contribution in [0.4, 0.5) is 0 Å². The Hall–Kier alpha value is -2.63. The van der Waals surface area contributed by atoms with Crippen LogP contribution in [-0.4, -0.2) is 37.2 Å². The van der Waals surface area contributed by atoms with Crippen molar-refractivity contribution in [2.45, 2.75) is 393 Å². The molecule has 6 heteroatoms. The quantitative estimate of drug-likeness (QED) is 0.0261. The Morgan fingerprint density at radius 3 is 0.713 bits per heavy atom. The Labute approximate surface area is 498 Å². The fraction of sp³-hybridized carbons (Fsp3) is 0.851. The highest BCUT2D eigenvalue weighted by Crippen LogP contribution is 2.18. The first-order chi connectivity index (χ1) is 39.5. The summed E-state index contributed by atoms with van der Waals surface area (Å²) in [6, 6.07) is 0. The van der Waals surface area contributed by atoms with Gasteiger partial charge in [0.25, 0.3) is 0 Å². The van der Waals surface area contributed by atoms with Crippen LogP contribution in [0.5, 0.6) is 0 Å². The summed E-state index contributed by atoms with van der Waals surface area (Å²) < 4.78 is 17.0. The third-order valence-corrected chi connectivity index (χ3v) is 16.1. The van der Waals surface area contributed by atoms with Crippen LogP contribution in [0.1, 0.15) is 387 Å². The molecule has 0 fully saturated rings. The van der Waals surface area contributed by atoms with E-state index in [-0.39, 0.29) is 31.1 Å². The third kappa shape index (κ3) is 66.2. The summed E-state index contributed by atoms with van der Waals surface area (Å²) in [6.45, 7) is 6.67. The number of allylic oxidation sites excluding steroid dienone is 8. The molecule has 0 radical (unpaired) electrons. The van der Waals surface area contributed by atoms with Crippen LogP contribution in [0.15, 0.2) is 48.6 Å². The summed E-state index contributed by atoms with van der Waals surface area (Å²) in [7, 11) is 0. The van der Waals surface area contributed by atoms with Gasteiger partial charge in [0.2, 0.25) is 0 Å². The molecule has 1 atom stereocenters. The second-order valence-electron chi connectivity index (χ2n) is 24.1. The predicted molar refractivity (Wildman–Crippen MR) is 349 cm³/mol.